The van der Waals surface area contributed by atoms with Crippen LogP contribution in [0.1, 0.15) is 5.56 Å². The molecule has 0 bridgehead atoms. The van der Waals surface area contributed by atoms with Crippen LogP contribution in [-0.4, -0.2) is 44.1 Å². The lowest BCUT2D eigenvalue weighted by molar-refractivity contribution is -0.120. The minimum absolute atomic E-state index is 0.132. The number of hydrogen-bond acceptors (Lipinski definition) is 4. The maximum atomic E-state index is 11.7. The van der Waals surface area contributed by atoms with Gasteiger partial charge in [-0.3, -0.25) is 15.0 Å². The van der Waals surface area contributed by atoms with E-state index in [1.165, 1.54) is 0 Å². The van der Waals surface area contributed by atoms with Gasteiger partial charge < -0.3 is 10.1 Å². The molecule has 2 N–H and O–H groups in total. The molecule has 0 radical (unpaired) electrons. The second-order valence-corrected chi connectivity index (χ2v) is 4.57. The van der Waals surface area contributed by atoms with Crippen molar-refractivity contribution in [2.24, 2.45) is 0 Å². The molecule has 0 spiro atoms. The van der Waals surface area contributed by atoms with Gasteiger partial charge in [-0.15, -0.1) is 6.58 Å². The van der Waals surface area contributed by atoms with Gasteiger partial charge in [0.1, 0.15) is 5.75 Å². The number of likely N-dealkylation sites (N-methyl/N-ethyl adjacent to an activating group) is 1. The molecule has 1 aromatic carbocycles. The summed E-state index contributed by atoms with van der Waals surface area (Å²) in [7, 11) is 3.42. The van der Waals surface area contributed by atoms with Crippen molar-refractivity contribution < 1.29 is 14.3 Å². The van der Waals surface area contributed by atoms with E-state index in [2.05, 4.69) is 17.2 Å². The van der Waals surface area contributed by atoms with Crippen LogP contribution >= 0.6 is 0 Å². The summed E-state index contributed by atoms with van der Waals surface area (Å²) >= 11 is 0. The molecule has 0 unspecified atom stereocenters. The SMILES string of the molecule is C=CCNC(=O)NC(=O)CN(C)Cc1ccc(OC)cc1. The molecule has 0 saturated carbocycles. The molecule has 0 atom stereocenters. The number of benzene rings is 1. The zero-order valence-electron chi connectivity index (χ0n) is 12.4. The molecule has 0 heterocycles. The van der Waals surface area contributed by atoms with Crippen LogP contribution in [0, 0.1) is 0 Å². The number of nitrogens with one attached hydrogen (secondary N) is 2. The average molecular weight is 291 g/mol. The number of methoxy groups -OCH3 is 1. The summed E-state index contributed by atoms with van der Waals surface area (Å²) < 4.78 is 5.09. The lowest BCUT2D eigenvalue weighted by Gasteiger charge is -2.16. The van der Waals surface area contributed by atoms with Crippen molar-refractivity contribution in [1.82, 2.24) is 15.5 Å². The van der Waals surface area contributed by atoms with E-state index in [0.717, 1.165) is 11.3 Å². The lowest BCUT2D eigenvalue weighted by atomic mass is 10.2. The summed E-state index contributed by atoms with van der Waals surface area (Å²) in [6.07, 6.45) is 1.54. The topological polar surface area (TPSA) is 70.7 Å². The zero-order chi connectivity index (χ0) is 15.7. The molecule has 0 aliphatic carbocycles. The molecule has 1 aromatic rings. The maximum absolute atomic E-state index is 11.7. The van der Waals surface area contributed by atoms with Crippen LogP contribution in [0.3, 0.4) is 0 Å². The summed E-state index contributed by atoms with van der Waals surface area (Å²) in [5.74, 6) is 0.436. The third kappa shape index (κ3) is 6.58. The number of rotatable bonds is 7. The molecule has 0 aromatic heterocycles. The summed E-state index contributed by atoms with van der Waals surface area (Å²) in [5.41, 5.74) is 1.06. The lowest BCUT2D eigenvalue weighted by Crippen LogP contribution is -2.43. The second-order valence-electron chi connectivity index (χ2n) is 4.57. The third-order valence-electron chi connectivity index (χ3n) is 2.68. The first-order valence-corrected chi connectivity index (χ1v) is 6.55. The second kappa shape index (κ2) is 8.76. The molecule has 114 valence electrons. The molecular weight excluding hydrogens is 270 g/mol. The molecule has 6 nitrogen and oxygen atoms in total. The van der Waals surface area contributed by atoms with Crippen molar-refractivity contribution >= 4 is 11.9 Å². The number of hydrogen-bond donors (Lipinski definition) is 2. The van der Waals surface area contributed by atoms with Crippen LogP contribution in [0.25, 0.3) is 0 Å². The molecule has 21 heavy (non-hydrogen) atoms. The van der Waals surface area contributed by atoms with Crippen LogP contribution in [0.15, 0.2) is 36.9 Å². The number of imide groups is 1. The number of carbonyl (C=O) groups excluding carboxylic acids is 2. The Morgan fingerprint density at radius 3 is 2.57 bits per heavy atom. The largest absolute Gasteiger partial charge is 0.497 e. The normalized spacial score (nSPS) is 10.0. The van der Waals surface area contributed by atoms with Gasteiger partial charge in [-0.05, 0) is 24.7 Å². The standard InChI is InChI=1S/C15H21N3O3/c1-4-9-16-15(20)17-14(19)11-18(2)10-12-5-7-13(21-3)8-6-12/h4-8H,1,9-11H2,2-3H3,(H2,16,17,19,20). The Kier molecular flexibility index (Phi) is 6.97. The van der Waals surface area contributed by atoms with Crippen molar-refractivity contribution in [3.8, 4) is 5.75 Å². The fourth-order valence-corrected chi connectivity index (χ4v) is 1.72. The van der Waals surface area contributed by atoms with E-state index in [4.69, 9.17) is 4.74 Å². The highest BCUT2D eigenvalue weighted by Crippen LogP contribution is 2.12. The Morgan fingerprint density at radius 2 is 2.00 bits per heavy atom. The maximum Gasteiger partial charge on any atom is 0.321 e. The van der Waals surface area contributed by atoms with E-state index in [1.54, 1.807) is 13.2 Å². The van der Waals surface area contributed by atoms with Gasteiger partial charge in [-0.1, -0.05) is 18.2 Å². The van der Waals surface area contributed by atoms with Crippen LogP contribution < -0.4 is 15.4 Å². The molecule has 0 aliphatic rings. The molecule has 3 amide bonds. The van der Waals surface area contributed by atoms with Crippen molar-refractivity contribution in [3.05, 3.63) is 42.5 Å². The number of urea groups is 1. The van der Waals surface area contributed by atoms with Gasteiger partial charge in [0, 0.05) is 13.1 Å². The van der Waals surface area contributed by atoms with Gasteiger partial charge in [-0.25, -0.2) is 4.79 Å². The van der Waals surface area contributed by atoms with Crippen molar-refractivity contribution in [2.45, 2.75) is 6.54 Å². The van der Waals surface area contributed by atoms with E-state index in [-0.39, 0.29) is 12.5 Å². The first-order chi connectivity index (χ1) is 10.0. The van der Waals surface area contributed by atoms with E-state index in [0.29, 0.717) is 13.1 Å². The van der Waals surface area contributed by atoms with Gasteiger partial charge in [0.25, 0.3) is 0 Å². The highest BCUT2D eigenvalue weighted by atomic mass is 16.5. The first kappa shape index (κ1) is 16.7. The molecule has 0 fully saturated rings. The summed E-state index contributed by atoms with van der Waals surface area (Å²) in [6.45, 7) is 4.53. The summed E-state index contributed by atoms with van der Waals surface area (Å²) in [6, 6.07) is 7.09. The van der Waals surface area contributed by atoms with Gasteiger partial charge in [0.05, 0.1) is 13.7 Å². The molecule has 6 heteroatoms. The third-order valence-corrected chi connectivity index (χ3v) is 2.68. The monoisotopic (exact) mass is 291 g/mol. The van der Waals surface area contributed by atoms with Crippen LogP contribution in [0.5, 0.6) is 5.75 Å². The Bertz CT molecular complexity index is 485. The van der Waals surface area contributed by atoms with Gasteiger partial charge in [0.15, 0.2) is 0 Å². The van der Waals surface area contributed by atoms with Crippen LogP contribution in [0.4, 0.5) is 4.79 Å². The van der Waals surface area contributed by atoms with Crippen molar-refractivity contribution in [1.29, 1.82) is 0 Å². The summed E-state index contributed by atoms with van der Waals surface area (Å²) in [4.78, 5) is 24.8. The van der Waals surface area contributed by atoms with E-state index in [1.807, 2.05) is 36.2 Å². The fraction of sp³-hybridized carbons (Fsp3) is 0.333. The van der Waals surface area contributed by atoms with Crippen LogP contribution in [0.2, 0.25) is 0 Å². The highest BCUT2D eigenvalue weighted by Gasteiger charge is 2.10. The van der Waals surface area contributed by atoms with E-state index >= 15 is 0 Å². The van der Waals surface area contributed by atoms with Gasteiger partial charge in [-0.2, -0.15) is 0 Å². The average Bonchev–Trinajstić information content (AvgIpc) is 2.45. The Morgan fingerprint density at radius 1 is 1.33 bits per heavy atom. The minimum atomic E-state index is -0.516. The summed E-state index contributed by atoms with van der Waals surface area (Å²) in [5, 5.41) is 4.73. The van der Waals surface area contributed by atoms with Gasteiger partial charge >= 0.3 is 6.03 Å². The first-order valence-electron chi connectivity index (χ1n) is 6.55. The Hall–Kier alpha value is -2.34. The quantitative estimate of drug-likeness (QED) is 0.739. The molecule has 0 aliphatic heterocycles. The minimum Gasteiger partial charge on any atom is -0.497 e. The highest BCUT2D eigenvalue weighted by molar-refractivity contribution is 5.95. The molecule has 0 saturated heterocycles. The Labute approximate surface area is 124 Å². The Balaban J connectivity index is 2.37. The smallest absolute Gasteiger partial charge is 0.321 e. The van der Waals surface area contributed by atoms with E-state index < -0.39 is 6.03 Å². The molecule has 1 rings (SSSR count). The van der Waals surface area contributed by atoms with Crippen molar-refractivity contribution in [3.63, 3.8) is 0 Å². The number of amides is 3. The predicted molar refractivity (Wildman–Crippen MR) is 81.1 cm³/mol. The van der Waals surface area contributed by atoms with E-state index in [9.17, 15) is 9.59 Å². The zero-order valence-corrected chi connectivity index (χ0v) is 12.4. The van der Waals surface area contributed by atoms with Gasteiger partial charge in [0.2, 0.25) is 5.91 Å². The van der Waals surface area contributed by atoms with Crippen molar-refractivity contribution in [2.75, 3.05) is 27.2 Å². The van der Waals surface area contributed by atoms with Crippen LogP contribution in [-0.2, 0) is 11.3 Å². The number of ether oxygens (including phenoxy) is 1. The predicted octanol–water partition coefficient (Wildman–Crippen LogP) is 1.14. The number of carbonyl (C=O) groups is 2. The fourth-order valence-electron chi connectivity index (χ4n) is 1.72. The number of nitrogens with zero attached hydrogens (tertiary/aromatic N) is 1. The molecular formula is C15H21N3O3.